The lowest BCUT2D eigenvalue weighted by Gasteiger charge is -2.25. The van der Waals surface area contributed by atoms with E-state index in [0.717, 1.165) is 89.9 Å². The molecule has 0 saturated carbocycles. The Bertz CT molecular complexity index is 1860. The lowest BCUT2D eigenvalue weighted by atomic mass is 10.0. The van der Waals surface area contributed by atoms with Gasteiger partial charge in [-0.25, -0.2) is 4.79 Å². The van der Waals surface area contributed by atoms with Crippen LogP contribution >= 0.6 is 0 Å². The summed E-state index contributed by atoms with van der Waals surface area (Å²) in [6, 6.07) is 0. The first-order chi connectivity index (χ1) is 47.1. The maximum absolute atomic E-state index is 13.0. The first-order valence-corrected chi connectivity index (χ1v) is 41.3. The Balaban J connectivity index is 3.99. The van der Waals surface area contributed by atoms with Crippen LogP contribution in [0.1, 0.15) is 393 Å². The molecule has 0 rings (SSSR count). The van der Waals surface area contributed by atoms with E-state index in [-0.39, 0.29) is 32.2 Å². The Labute approximate surface area is 595 Å². The van der Waals surface area contributed by atoms with Gasteiger partial charge in [-0.1, -0.05) is 394 Å². The molecule has 2 unspecified atom stereocenters. The summed E-state index contributed by atoms with van der Waals surface area (Å²) in [6.45, 7) is 4.82. The molecule has 0 radical (unpaired) electrons. The van der Waals surface area contributed by atoms with Gasteiger partial charge < -0.3 is 28.5 Å². The summed E-state index contributed by atoms with van der Waals surface area (Å²) in [5, 5.41) is 9.78. The van der Waals surface area contributed by atoms with Gasteiger partial charge in [-0.3, -0.25) is 9.59 Å². The van der Waals surface area contributed by atoms with E-state index in [1.165, 1.54) is 270 Å². The quantitative estimate of drug-likeness (QED) is 0.0211. The van der Waals surface area contributed by atoms with E-state index in [0.29, 0.717) is 23.9 Å². The molecule has 9 nitrogen and oxygen atoms in total. The van der Waals surface area contributed by atoms with Crippen molar-refractivity contribution in [2.45, 2.75) is 405 Å². The van der Waals surface area contributed by atoms with Crippen LogP contribution in [0.2, 0.25) is 0 Å². The summed E-state index contributed by atoms with van der Waals surface area (Å²) in [4.78, 5) is 37.8. The van der Waals surface area contributed by atoms with Gasteiger partial charge in [-0.05, 0) is 70.6 Å². The molecular formula is C87H158NO8+. The van der Waals surface area contributed by atoms with Crippen LogP contribution in [0, 0.1) is 0 Å². The second kappa shape index (κ2) is 77.2. The van der Waals surface area contributed by atoms with Gasteiger partial charge in [-0.2, -0.15) is 0 Å². The molecule has 0 aliphatic rings. The van der Waals surface area contributed by atoms with Crippen molar-refractivity contribution in [1.82, 2.24) is 0 Å². The SMILES string of the molecule is CC/C=C\C/C=C\C/C=C\C/C=C\C/C=C\C/C=C\C/C=C\CCCCCCCCCCCCCC(=O)OC(COC(=O)CCCCCCCCCCCCCCCCCCCCCCCCCCCCCCCCCCCCCCCC)COC(OCC[N+](C)(C)C)C(=O)O. The summed E-state index contributed by atoms with van der Waals surface area (Å²) in [5.74, 6) is -1.99. The van der Waals surface area contributed by atoms with Gasteiger partial charge in [0.2, 0.25) is 0 Å². The molecular weight excluding hydrogens is 1190 g/mol. The molecule has 0 aromatic carbocycles. The molecule has 1 N–H and O–H groups in total. The van der Waals surface area contributed by atoms with Crippen LogP contribution in [0.3, 0.4) is 0 Å². The zero-order valence-electron chi connectivity index (χ0n) is 64.0. The molecule has 0 bridgehead atoms. The van der Waals surface area contributed by atoms with Gasteiger partial charge in [-0.15, -0.1) is 0 Å². The average Bonchev–Trinajstić information content (AvgIpc) is 2.40. The normalized spacial score (nSPS) is 13.1. The molecule has 0 saturated heterocycles. The van der Waals surface area contributed by atoms with Crippen molar-refractivity contribution in [3.8, 4) is 0 Å². The Morgan fingerprint density at radius 3 is 0.885 bits per heavy atom. The number of allylic oxidation sites excluding steroid dienone is 14. The number of unbranched alkanes of at least 4 members (excludes halogenated alkanes) is 48. The maximum Gasteiger partial charge on any atom is 0.361 e. The highest BCUT2D eigenvalue weighted by molar-refractivity contribution is 5.71. The van der Waals surface area contributed by atoms with Gasteiger partial charge in [0.1, 0.15) is 13.2 Å². The fraction of sp³-hybridized carbons (Fsp3) is 0.805. The number of quaternary nitrogens is 1. The largest absolute Gasteiger partial charge is 0.477 e. The molecule has 2 atom stereocenters. The fourth-order valence-electron chi connectivity index (χ4n) is 12.2. The number of carbonyl (C=O) groups is 3. The number of rotatable bonds is 77. The first kappa shape index (κ1) is 92.5. The number of esters is 2. The van der Waals surface area contributed by atoms with Crippen molar-refractivity contribution >= 4 is 17.9 Å². The number of nitrogens with zero attached hydrogens (tertiary/aromatic N) is 1. The molecule has 0 aliphatic heterocycles. The topological polar surface area (TPSA) is 108 Å². The Morgan fingerprint density at radius 2 is 0.594 bits per heavy atom. The second-order valence-electron chi connectivity index (χ2n) is 29.1. The third kappa shape index (κ3) is 77.8. The number of ether oxygens (including phenoxy) is 4. The lowest BCUT2D eigenvalue weighted by Crippen LogP contribution is -2.40. The van der Waals surface area contributed by atoms with E-state index in [4.69, 9.17) is 18.9 Å². The van der Waals surface area contributed by atoms with E-state index in [2.05, 4.69) is 98.9 Å². The van der Waals surface area contributed by atoms with Gasteiger partial charge >= 0.3 is 17.9 Å². The molecule has 0 aliphatic carbocycles. The van der Waals surface area contributed by atoms with Crippen LogP contribution in [0.15, 0.2) is 85.1 Å². The highest BCUT2D eigenvalue weighted by atomic mass is 16.7. The van der Waals surface area contributed by atoms with Gasteiger partial charge in [0.25, 0.3) is 6.29 Å². The minimum atomic E-state index is -1.51. The zero-order valence-corrected chi connectivity index (χ0v) is 64.0. The molecule has 96 heavy (non-hydrogen) atoms. The number of hydrogen-bond donors (Lipinski definition) is 1. The standard InChI is InChI=1S/C87H157NO8/c1-6-8-10-12-14-16-18-20-22-24-26-28-30-32-34-36-38-40-41-42-43-44-46-47-49-51-53-55-57-59-61-63-65-67-69-71-73-75-77-84(89)94-81-83(82-95-87(86(91)92)93-80-79-88(3,4)5)96-85(90)78-76-74-72-70-68-66-64-62-60-58-56-54-52-50-48-45-39-37-35-33-31-29-27-25-23-21-19-17-15-13-11-9-7-2/h9,11,15,17,21,23,27,29,33,35,39,45,50,52,83,87H,6-8,10,12-14,16,18-20,22,24-26,28,30-32,34,36-38,40-44,46-49,51,53-82H2,1-5H3/p+1/b11-9-,17-15-,23-21-,29-27-,35-33-,45-39-,52-50-. The molecule has 0 aromatic rings. The summed E-state index contributed by atoms with van der Waals surface area (Å²) < 4.78 is 23.1. The van der Waals surface area contributed by atoms with Crippen molar-refractivity contribution in [2.75, 3.05) is 47.5 Å². The lowest BCUT2D eigenvalue weighted by molar-refractivity contribution is -0.870. The Hall–Kier alpha value is -3.53. The summed E-state index contributed by atoms with van der Waals surface area (Å²) in [7, 11) is 5.99. The second-order valence-corrected chi connectivity index (χ2v) is 29.1. The Morgan fingerprint density at radius 1 is 0.323 bits per heavy atom. The fourth-order valence-corrected chi connectivity index (χ4v) is 12.2. The van der Waals surface area contributed by atoms with Crippen LogP contribution in [0.25, 0.3) is 0 Å². The van der Waals surface area contributed by atoms with E-state index in [1.54, 1.807) is 0 Å². The van der Waals surface area contributed by atoms with Crippen molar-refractivity contribution in [3.63, 3.8) is 0 Å². The van der Waals surface area contributed by atoms with E-state index in [1.807, 2.05) is 21.1 Å². The van der Waals surface area contributed by atoms with Gasteiger partial charge in [0, 0.05) is 12.8 Å². The highest BCUT2D eigenvalue weighted by Gasteiger charge is 2.25. The molecule has 0 fully saturated rings. The maximum atomic E-state index is 13.0. The number of carboxylic acid groups (broad SMARTS) is 1. The molecule has 0 amide bonds. The number of likely N-dealkylation sites (N-methyl/N-ethyl adjacent to an activating group) is 1. The smallest absolute Gasteiger partial charge is 0.361 e. The van der Waals surface area contributed by atoms with E-state index >= 15 is 0 Å². The molecule has 558 valence electrons. The van der Waals surface area contributed by atoms with Crippen molar-refractivity contribution in [2.24, 2.45) is 0 Å². The number of carboxylic acids is 1. The average molecular weight is 1350 g/mol. The van der Waals surface area contributed by atoms with E-state index < -0.39 is 24.3 Å². The predicted molar refractivity (Wildman–Crippen MR) is 415 cm³/mol. The van der Waals surface area contributed by atoms with Crippen LogP contribution in [-0.2, 0) is 33.3 Å². The molecule has 0 aromatic heterocycles. The predicted octanol–water partition coefficient (Wildman–Crippen LogP) is 26.5. The minimum absolute atomic E-state index is 0.182. The van der Waals surface area contributed by atoms with Crippen molar-refractivity contribution in [1.29, 1.82) is 0 Å². The monoisotopic (exact) mass is 1350 g/mol. The molecule has 0 heterocycles. The van der Waals surface area contributed by atoms with Gasteiger partial charge in [0.15, 0.2) is 6.10 Å². The van der Waals surface area contributed by atoms with Crippen LogP contribution in [0.4, 0.5) is 0 Å². The van der Waals surface area contributed by atoms with Crippen LogP contribution < -0.4 is 0 Å². The third-order valence-corrected chi connectivity index (χ3v) is 18.4. The Kier molecular flexibility index (Phi) is 74.4. The van der Waals surface area contributed by atoms with Crippen molar-refractivity contribution < 1.29 is 42.9 Å². The summed E-state index contributed by atoms with van der Waals surface area (Å²) >= 11 is 0. The number of hydrogen-bond acceptors (Lipinski definition) is 7. The minimum Gasteiger partial charge on any atom is -0.477 e. The molecule has 0 spiro atoms. The van der Waals surface area contributed by atoms with Gasteiger partial charge in [0.05, 0.1) is 34.4 Å². The van der Waals surface area contributed by atoms with E-state index in [9.17, 15) is 19.5 Å². The highest BCUT2D eigenvalue weighted by Crippen LogP contribution is 2.20. The first-order valence-electron chi connectivity index (χ1n) is 41.3. The molecule has 9 heteroatoms. The van der Waals surface area contributed by atoms with Crippen LogP contribution in [-0.4, -0.2) is 87.4 Å². The number of aliphatic carboxylic acids is 1. The number of carbonyl (C=O) groups excluding carboxylic acids is 2. The third-order valence-electron chi connectivity index (χ3n) is 18.4. The zero-order chi connectivity index (χ0) is 69.7. The van der Waals surface area contributed by atoms with Crippen molar-refractivity contribution in [3.05, 3.63) is 85.1 Å². The van der Waals surface area contributed by atoms with Crippen LogP contribution in [0.5, 0.6) is 0 Å². The summed E-state index contributed by atoms with van der Waals surface area (Å²) in [6.07, 6.45) is 103. The summed E-state index contributed by atoms with van der Waals surface area (Å²) in [5.41, 5.74) is 0.